The Morgan fingerprint density at radius 3 is 2.88 bits per heavy atom. The summed E-state index contributed by atoms with van der Waals surface area (Å²) in [7, 11) is 0. The first-order valence-electron chi connectivity index (χ1n) is 5.02. The maximum absolute atomic E-state index is 5.95. The van der Waals surface area contributed by atoms with Gasteiger partial charge >= 0.3 is 0 Å². The first-order valence-corrected chi connectivity index (χ1v) is 6.52. The zero-order valence-electron chi connectivity index (χ0n) is 8.95. The van der Waals surface area contributed by atoms with Gasteiger partial charge in [-0.3, -0.25) is 4.68 Å². The van der Waals surface area contributed by atoms with Crippen LogP contribution in [0.2, 0.25) is 5.02 Å². The third kappa shape index (κ3) is 2.47. The van der Waals surface area contributed by atoms with Crippen LogP contribution < -0.4 is 0 Å². The van der Waals surface area contributed by atoms with E-state index < -0.39 is 0 Å². The lowest BCUT2D eigenvalue weighted by molar-refractivity contribution is 0.664. The molecule has 1 aromatic carbocycles. The molecule has 0 amide bonds. The highest BCUT2D eigenvalue weighted by Gasteiger charge is 2.05. The Labute approximate surface area is 108 Å². The van der Waals surface area contributed by atoms with E-state index in [1.54, 1.807) is 0 Å². The summed E-state index contributed by atoms with van der Waals surface area (Å²) in [6, 6.07) is 7.87. The number of benzene rings is 1. The van der Waals surface area contributed by atoms with E-state index in [9.17, 15) is 0 Å². The van der Waals surface area contributed by atoms with Crippen LogP contribution in [0.1, 0.15) is 16.8 Å². The molecular weight excluding hydrogens is 288 g/mol. The van der Waals surface area contributed by atoms with Gasteiger partial charge in [0.1, 0.15) is 0 Å². The van der Waals surface area contributed by atoms with Gasteiger partial charge in [0.15, 0.2) is 0 Å². The lowest BCUT2D eigenvalue weighted by atomic mass is 10.2. The van der Waals surface area contributed by atoms with E-state index in [2.05, 4.69) is 34.0 Å². The summed E-state index contributed by atoms with van der Waals surface area (Å²) < 4.78 is 1.99. The van der Waals surface area contributed by atoms with E-state index in [1.807, 2.05) is 29.1 Å². The van der Waals surface area contributed by atoms with Crippen LogP contribution in [-0.4, -0.2) is 9.78 Å². The van der Waals surface area contributed by atoms with Crippen LogP contribution in [0.15, 0.2) is 30.5 Å². The van der Waals surface area contributed by atoms with Crippen molar-refractivity contribution in [2.75, 3.05) is 0 Å². The second-order valence-corrected chi connectivity index (χ2v) is 4.67. The molecule has 16 heavy (non-hydrogen) atoms. The van der Waals surface area contributed by atoms with Gasteiger partial charge in [-0.2, -0.15) is 5.10 Å². The summed E-state index contributed by atoms with van der Waals surface area (Å²) in [6.45, 7) is 2.84. The molecule has 0 saturated heterocycles. The Morgan fingerprint density at radius 2 is 2.25 bits per heavy atom. The summed E-state index contributed by atoms with van der Waals surface area (Å²) in [4.78, 5) is 0. The summed E-state index contributed by atoms with van der Waals surface area (Å²) in [5.74, 6) is 0. The quantitative estimate of drug-likeness (QED) is 0.789. The van der Waals surface area contributed by atoms with E-state index in [4.69, 9.17) is 11.6 Å². The van der Waals surface area contributed by atoms with Gasteiger partial charge in [-0.25, -0.2) is 0 Å². The van der Waals surface area contributed by atoms with Crippen molar-refractivity contribution in [2.45, 2.75) is 18.8 Å². The molecule has 1 heterocycles. The normalized spacial score (nSPS) is 10.7. The summed E-state index contributed by atoms with van der Waals surface area (Å²) >= 11 is 9.39. The Morgan fingerprint density at radius 1 is 1.44 bits per heavy atom. The van der Waals surface area contributed by atoms with Crippen LogP contribution in [-0.2, 0) is 11.9 Å². The molecule has 2 aromatic rings. The number of hydrogen-bond donors (Lipinski definition) is 0. The molecule has 84 valence electrons. The van der Waals surface area contributed by atoms with Crippen LogP contribution in [0.25, 0.3) is 0 Å². The van der Waals surface area contributed by atoms with Gasteiger partial charge in [-0.05, 0) is 24.6 Å². The summed E-state index contributed by atoms with van der Waals surface area (Å²) in [6.07, 6.45) is 1.90. The van der Waals surface area contributed by atoms with Crippen molar-refractivity contribution in [2.24, 2.45) is 0 Å². The van der Waals surface area contributed by atoms with Crippen LogP contribution in [0.5, 0.6) is 0 Å². The minimum Gasteiger partial charge on any atom is -0.265 e. The minimum absolute atomic E-state index is 0.763. The van der Waals surface area contributed by atoms with Crippen molar-refractivity contribution in [3.8, 4) is 0 Å². The van der Waals surface area contributed by atoms with Gasteiger partial charge in [0.05, 0.1) is 12.7 Å². The van der Waals surface area contributed by atoms with Crippen molar-refractivity contribution in [1.82, 2.24) is 9.78 Å². The lowest BCUT2D eigenvalue weighted by Gasteiger charge is -2.05. The maximum Gasteiger partial charge on any atom is 0.0663 e. The van der Waals surface area contributed by atoms with Gasteiger partial charge in [0.25, 0.3) is 0 Å². The molecule has 4 heteroatoms. The number of halogens is 2. The molecule has 0 aliphatic heterocycles. The van der Waals surface area contributed by atoms with Crippen LogP contribution >= 0.6 is 27.5 Å². The van der Waals surface area contributed by atoms with E-state index in [1.165, 1.54) is 16.8 Å². The monoisotopic (exact) mass is 298 g/mol. The molecule has 0 unspecified atom stereocenters. The van der Waals surface area contributed by atoms with E-state index in [0.29, 0.717) is 0 Å². The summed E-state index contributed by atoms with van der Waals surface area (Å²) in [5, 5.41) is 5.96. The fourth-order valence-electron chi connectivity index (χ4n) is 1.58. The number of nitrogens with zero attached hydrogens (tertiary/aromatic N) is 2. The van der Waals surface area contributed by atoms with Crippen molar-refractivity contribution >= 4 is 27.5 Å². The van der Waals surface area contributed by atoms with Gasteiger partial charge in [-0.1, -0.05) is 39.7 Å². The zero-order valence-corrected chi connectivity index (χ0v) is 11.3. The third-order valence-electron chi connectivity index (χ3n) is 2.57. The summed E-state index contributed by atoms with van der Waals surface area (Å²) in [5.41, 5.74) is 3.58. The van der Waals surface area contributed by atoms with E-state index in [-0.39, 0.29) is 0 Å². The standard InChI is InChI=1S/C12H12BrClN2/c1-9-11(6-13)7-15-16(9)8-10-3-2-4-12(14)5-10/h2-5,7H,6,8H2,1H3. The first-order chi connectivity index (χ1) is 7.70. The Hall–Kier alpha value is -0.800. The molecule has 2 rings (SSSR count). The first kappa shape index (κ1) is 11.7. The fraction of sp³-hybridized carbons (Fsp3) is 0.250. The fourth-order valence-corrected chi connectivity index (χ4v) is 2.35. The van der Waals surface area contributed by atoms with Gasteiger partial charge in [0.2, 0.25) is 0 Å². The molecule has 0 aliphatic carbocycles. The second kappa shape index (κ2) is 5.02. The van der Waals surface area contributed by atoms with Gasteiger partial charge in [0, 0.05) is 21.6 Å². The molecule has 0 N–H and O–H groups in total. The van der Waals surface area contributed by atoms with Crippen LogP contribution in [0.3, 0.4) is 0 Å². The van der Waals surface area contributed by atoms with E-state index in [0.717, 1.165) is 16.9 Å². The van der Waals surface area contributed by atoms with Crippen LogP contribution in [0, 0.1) is 6.92 Å². The lowest BCUT2D eigenvalue weighted by Crippen LogP contribution is -2.03. The van der Waals surface area contributed by atoms with Crippen molar-refractivity contribution in [1.29, 1.82) is 0 Å². The minimum atomic E-state index is 0.763. The molecule has 0 atom stereocenters. The molecule has 0 radical (unpaired) electrons. The highest BCUT2D eigenvalue weighted by atomic mass is 79.9. The molecule has 0 bridgehead atoms. The topological polar surface area (TPSA) is 17.8 Å². The third-order valence-corrected chi connectivity index (χ3v) is 3.41. The highest BCUT2D eigenvalue weighted by Crippen LogP contribution is 2.15. The van der Waals surface area contributed by atoms with Gasteiger partial charge in [-0.15, -0.1) is 0 Å². The maximum atomic E-state index is 5.95. The number of alkyl halides is 1. The number of aromatic nitrogens is 2. The largest absolute Gasteiger partial charge is 0.265 e. The number of rotatable bonds is 3. The highest BCUT2D eigenvalue weighted by molar-refractivity contribution is 9.08. The molecule has 0 spiro atoms. The molecule has 1 aromatic heterocycles. The van der Waals surface area contributed by atoms with Crippen molar-refractivity contribution < 1.29 is 0 Å². The molecule has 0 aliphatic rings. The Balaban J connectivity index is 2.24. The molecule has 0 fully saturated rings. The Bertz CT molecular complexity index is 494. The Kier molecular flexibility index (Phi) is 3.66. The zero-order chi connectivity index (χ0) is 11.5. The molecule has 2 nitrogen and oxygen atoms in total. The van der Waals surface area contributed by atoms with Crippen LogP contribution in [0.4, 0.5) is 0 Å². The van der Waals surface area contributed by atoms with Gasteiger partial charge < -0.3 is 0 Å². The average Bonchev–Trinajstić information content (AvgIpc) is 2.60. The number of hydrogen-bond acceptors (Lipinski definition) is 1. The molecule has 0 saturated carbocycles. The predicted molar refractivity (Wildman–Crippen MR) is 70.1 cm³/mol. The predicted octanol–water partition coefficient (Wildman–Crippen LogP) is 3.79. The SMILES string of the molecule is Cc1c(CBr)cnn1Cc1cccc(Cl)c1. The van der Waals surface area contributed by atoms with Crippen molar-refractivity contribution in [3.63, 3.8) is 0 Å². The smallest absolute Gasteiger partial charge is 0.0663 e. The molecular formula is C12H12BrClN2. The van der Waals surface area contributed by atoms with E-state index >= 15 is 0 Å². The average molecular weight is 300 g/mol. The van der Waals surface area contributed by atoms with Crippen molar-refractivity contribution in [3.05, 3.63) is 52.3 Å². The second-order valence-electron chi connectivity index (χ2n) is 3.68.